The van der Waals surface area contributed by atoms with Crippen LogP contribution in [-0.2, 0) is 5.41 Å². The second-order valence-corrected chi connectivity index (χ2v) is 7.85. The van der Waals surface area contributed by atoms with Gasteiger partial charge >= 0.3 is 0 Å². The van der Waals surface area contributed by atoms with E-state index in [2.05, 4.69) is 41.5 Å². The third kappa shape index (κ3) is 3.14. The van der Waals surface area contributed by atoms with E-state index >= 15 is 0 Å². The molecule has 0 fully saturated rings. The lowest BCUT2D eigenvalue weighted by Gasteiger charge is -2.48. The van der Waals surface area contributed by atoms with Gasteiger partial charge in [0.05, 0.1) is 5.41 Å². The molecule has 1 unspecified atom stereocenters. The van der Waals surface area contributed by atoms with Crippen LogP contribution in [-0.4, -0.2) is 10.9 Å². The van der Waals surface area contributed by atoms with Crippen molar-refractivity contribution in [1.29, 1.82) is 5.41 Å². The van der Waals surface area contributed by atoms with Crippen molar-refractivity contribution in [2.45, 2.75) is 53.4 Å². The SMILES string of the molecule is CC(C)(C)CC(C(=N)N)(c1ccc(O)cc1)C(C)(C)C. The van der Waals surface area contributed by atoms with Crippen LogP contribution in [0.1, 0.15) is 53.5 Å². The minimum absolute atomic E-state index is 0.0385. The number of amidine groups is 1. The number of rotatable bonds is 3. The molecule has 4 N–H and O–H groups in total. The Morgan fingerprint density at radius 2 is 1.50 bits per heavy atom. The minimum Gasteiger partial charge on any atom is -0.508 e. The van der Waals surface area contributed by atoms with E-state index in [1.54, 1.807) is 12.1 Å². The van der Waals surface area contributed by atoms with E-state index in [0.29, 0.717) is 0 Å². The monoisotopic (exact) mass is 276 g/mol. The molecule has 112 valence electrons. The molecule has 0 aromatic heterocycles. The molecule has 1 atom stereocenters. The van der Waals surface area contributed by atoms with Gasteiger partial charge in [-0.2, -0.15) is 0 Å². The van der Waals surface area contributed by atoms with E-state index in [-0.39, 0.29) is 22.4 Å². The number of hydrogen-bond donors (Lipinski definition) is 3. The van der Waals surface area contributed by atoms with Gasteiger partial charge in [-0.25, -0.2) is 0 Å². The molecule has 0 saturated heterocycles. The summed E-state index contributed by atoms with van der Waals surface area (Å²) in [6.07, 6.45) is 0.781. The van der Waals surface area contributed by atoms with Gasteiger partial charge in [-0.1, -0.05) is 53.7 Å². The maximum atomic E-state index is 9.51. The van der Waals surface area contributed by atoms with Crippen LogP contribution in [0.4, 0.5) is 0 Å². The highest BCUT2D eigenvalue weighted by atomic mass is 16.3. The van der Waals surface area contributed by atoms with Gasteiger partial charge in [-0.15, -0.1) is 0 Å². The number of hydrogen-bond acceptors (Lipinski definition) is 2. The second-order valence-electron chi connectivity index (χ2n) is 7.85. The molecule has 20 heavy (non-hydrogen) atoms. The van der Waals surface area contributed by atoms with Crippen molar-refractivity contribution in [1.82, 2.24) is 0 Å². The zero-order chi connectivity index (χ0) is 15.8. The van der Waals surface area contributed by atoms with Crippen LogP contribution in [0, 0.1) is 16.2 Å². The molecule has 0 aliphatic carbocycles. The first-order valence-corrected chi connectivity index (χ1v) is 7.04. The van der Waals surface area contributed by atoms with E-state index in [1.165, 1.54) is 0 Å². The van der Waals surface area contributed by atoms with E-state index in [4.69, 9.17) is 11.1 Å². The van der Waals surface area contributed by atoms with Gasteiger partial charge in [-0.05, 0) is 34.9 Å². The Kier molecular flexibility index (Phi) is 4.23. The van der Waals surface area contributed by atoms with Gasteiger partial charge in [0.2, 0.25) is 0 Å². The number of benzene rings is 1. The molecule has 0 spiro atoms. The highest BCUT2D eigenvalue weighted by Crippen LogP contribution is 2.49. The smallest absolute Gasteiger partial charge is 0.115 e. The Morgan fingerprint density at radius 1 is 1.05 bits per heavy atom. The van der Waals surface area contributed by atoms with E-state index < -0.39 is 5.41 Å². The van der Waals surface area contributed by atoms with Gasteiger partial charge in [0.15, 0.2) is 0 Å². The zero-order valence-corrected chi connectivity index (χ0v) is 13.5. The van der Waals surface area contributed by atoms with Crippen molar-refractivity contribution < 1.29 is 5.11 Å². The third-order valence-corrected chi connectivity index (χ3v) is 3.90. The maximum absolute atomic E-state index is 9.51. The standard InChI is InChI=1S/C17H28N2O/c1-15(2,3)11-17(14(18)19,16(4,5)6)12-7-9-13(20)10-8-12/h7-10,20H,11H2,1-6H3,(H3,18,19). The summed E-state index contributed by atoms with van der Waals surface area (Å²) in [6, 6.07) is 7.10. The highest BCUT2D eigenvalue weighted by Gasteiger charge is 2.48. The van der Waals surface area contributed by atoms with Crippen molar-refractivity contribution in [3.63, 3.8) is 0 Å². The fourth-order valence-electron chi connectivity index (χ4n) is 3.00. The molecular weight excluding hydrogens is 248 g/mol. The van der Waals surface area contributed by atoms with Crippen molar-refractivity contribution in [3.05, 3.63) is 29.8 Å². The molecule has 0 saturated carbocycles. The summed E-state index contributed by atoms with van der Waals surface area (Å²) < 4.78 is 0. The summed E-state index contributed by atoms with van der Waals surface area (Å²) in [5, 5.41) is 17.8. The van der Waals surface area contributed by atoms with Crippen molar-refractivity contribution in [3.8, 4) is 5.75 Å². The molecule has 3 heteroatoms. The summed E-state index contributed by atoms with van der Waals surface area (Å²) >= 11 is 0. The predicted molar refractivity (Wildman–Crippen MR) is 85.2 cm³/mol. The first-order valence-electron chi connectivity index (χ1n) is 7.04. The maximum Gasteiger partial charge on any atom is 0.115 e. The molecule has 1 aromatic carbocycles. The van der Waals surface area contributed by atoms with Crippen LogP contribution >= 0.6 is 0 Å². The minimum atomic E-state index is -0.543. The zero-order valence-electron chi connectivity index (χ0n) is 13.5. The molecule has 0 heterocycles. The first-order chi connectivity index (χ1) is 8.90. The summed E-state index contributed by atoms with van der Waals surface area (Å²) in [4.78, 5) is 0. The molecule has 0 aliphatic heterocycles. The molecule has 0 radical (unpaired) electrons. The molecule has 0 aliphatic rings. The van der Waals surface area contributed by atoms with Crippen LogP contribution in [0.5, 0.6) is 5.75 Å². The Balaban J connectivity index is 3.54. The van der Waals surface area contributed by atoms with Gasteiger partial charge in [0, 0.05) is 0 Å². The summed E-state index contributed by atoms with van der Waals surface area (Å²) in [6.45, 7) is 12.8. The van der Waals surface area contributed by atoms with Crippen LogP contribution in [0.2, 0.25) is 0 Å². The van der Waals surface area contributed by atoms with Gasteiger partial charge in [0.1, 0.15) is 11.6 Å². The topological polar surface area (TPSA) is 70.1 Å². The Morgan fingerprint density at radius 3 is 1.80 bits per heavy atom. The number of nitrogens with two attached hydrogens (primary N) is 1. The molecular formula is C17H28N2O. The largest absolute Gasteiger partial charge is 0.508 e. The van der Waals surface area contributed by atoms with E-state index in [1.807, 2.05) is 12.1 Å². The van der Waals surface area contributed by atoms with Crippen LogP contribution in [0.3, 0.4) is 0 Å². The first kappa shape index (κ1) is 16.5. The molecule has 1 rings (SSSR count). The normalized spacial score (nSPS) is 15.7. The Hall–Kier alpha value is -1.51. The van der Waals surface area contributed by atoms with E-state index in [9.17, 15) is 5.11 Å². The van der Waals surface area contributed by atoms with Crippen molar-refractivity contribution in [2.75, 3.05) is 0 Å². The Bertz CT molecular complexity index is 477. The lowest BCUT2D eigenvalue weighted by molar-refractivity contribution is 0.177. The average Bonchev–Trinajstić information content (AvgIpc) is 2.23. The van der Waals surface area contributed by atoms with E-state index in [0.717, 1.165) is 12.0 Å². The summed E-state index contributed by atoms with van der Waals surface area (Å²) in [5.41, 5.74) is 6.35. The lowest BCUT2D eigenvalue weighted by atomic mass is 9.56. The fraction of sp³-hybridized carbons (Fsp3) is 0.588. The molecule has 0 bridgehead atoms. The number of phenolic OH excluding ortho intramolecular Hbond substituents is 1. The predicted octanol–water partition coefficient (Wildman–Crippen LogP) is 4.05. The average molecular weight is 276 g/mol. The molecule has 0 amide bonds. The van der Waals surface area contributed by atoms with Gasteiger partial charge in [-0.3, -0.25) is 5.41 Å². The second kappa shape index (κ2) is 5.12. The quantitative estimate of drug-likeness (QED) is 0.576. The number of aromatic hydroxyl groups is 1. The van der Waals surface area contributed by atoms with Gasteiger partial charge in [0.25, 0.3) is 0 Å². The van der Waals surface area contributed by atoms with Crippen molar-refractivity contribution in [2.24, 2.45) is 16.6 Å². The van der Waals surface area contributed by atoms with Crippen LogP contribution in [0.25, 0.3) is 0 Å². The van der Waals surface area contributed by atoms with Crippen molar-refractivity contribution >= 4 is 5.84 Å². The van der Waals surface area contributed by atoms with Gasteiger partial charge < -0.3 is 10.8 Å². The lowest BCUT2D eigenvalue weighted by Crippen LogP contribution is -2.52. The highest BCUT2D eigenvalue weighted by molar-refractivity contribution is 5.90. The Labute approximate surface area is 122 Å². The summed E-state index contributed by atoms with van der Waals surface area (Å²) in [5.74, 6) is 0.418. The molecule has 3 nitrogen and oxygen atoms in total. The van der Waals surface area contributed by atoms with Crippen LogP contribution in [0.15, 0.2) is 24.3 Å². The fourth-order valence-corrected chi connectivity index (χ4v) is 3.00. The number of phenols is 1. The van der Waals surface area contributed by atoms with Crippen LogP contribution < -0.4 is 5.73 Å². The third-order valence-electron chi connectivity index (χ3n) is 3.90. The number of nitrogens with one attached hydrogen (secondary N) is 1. The molecule has 1 aromatic rings. The summed E-state index contributed by atoms with van der Waals surface area (Å²) in [7, 11) is 0.